The van der Waals surface area contributed by atoms with Gasteiger partial charge in [-0.3, -0.25) is 4.79 Å². The molecular weight excluding hydrogens is 364 g/mol. The Labute approximate surface area is 160 Å². The van der Waals surface area contributed by atoms with Crippen molar-refractivity contribution in [1.82, 2.24) is 19.0 Å². The molecular formula is C19H28N4O3S. The molecule has 3 rings (SSSR count). The first-order valence-electron chi connectivity index (χ1n) is 9.41. The Morgan fingerprint density at radius 1 is 1.30 bits per heavy atom. The number of nitrogens with zero attached hydrogens (tertiary/aromatic N) is 3. The fourth-order valence-electron chi connectivity index (χ4n) is 3.41. The summed E-state index contributed by atoms with van der Waals surface area (Å²) in [5.41, 5.74) is 1.15. The van der Waals surface area contributed by atoms with Gasteiger partial charge < -0.3 is 9.72 Å². The molecule has 1 amide bonds. The molecule has 1 fully saturated rings. The Bertz CT molecular complexity index is 936. The van der Waals surface area contributed by atoms with Gasteiger partial charge in [-0.05, 0) is 37.8 Å². The second-order valence-corrected chi connectivity index (χ2v) is 9.72. The Morgan fingerprint density at radius 2 is 2.04 bits per heavy atom. The third-order valence-corrected chi connectivity index (χ3v) is 6.64. The van der Waals surface area contributed by atoms with Gasteiger partial charge >= 0.3 is 0 Å². The van der Waals surface area contributed by atoms with Crippen LogP contribution < -0.4 is 5.32 Å². The Balaban J connectivity index is 1.96. The van der Waals surface area contributed by atoms with Crippen LogP contribution in [-0.4, -0.2) is 53.4 Å². The topological polar surface area (TPSA) is 83.8 Å². The van der Waals surface area contributed by atoms with Crippen molar-refractivity contribution >= 4 is 21.4 Å². The van der Waals surface area contributed by atoms with Crippen molar-refractivity contribution in [2.75, 3.05) is 19.3 Å². The lowest BCUT2D eigenvalue weighted by Crippen LogP contribution is -2.39. The monoisotopic (exact) mass is 392 g/mol. The van der Waals surface area contributed by atoms with Crippen LogP contribution in [0, 0.1) is 5.92 Å². The number of carbonyl (C=O) groups is 1. The lowest BCUT2D eigenvalue weighted by atomic mass is 9.99. The summed E-state index contributed by atoms with van der Waals surface area (Å²) < 4.78 is 27.3. The van der Waals surface area contributed by atoms with E-state index in [1.807, 2.05) is 35.7 Å². The molecule has 8 heteroatoms. The normalized spacial score (nSPS) is 20.1. The maximum atomic E-state index is 12.8. The molecule has 0 spiro atoms. The van der Waals surface area contributed by atoms with E-state index in [-0.39, 0.29) is 17.9 Å². The average Bonchev–Trinajstić information content (AvgIpc) is 3.01. The van der Waals surface area contributed by atoms with E-state index in [0.717, 1.165) is 24.2 Å². The first-order valence-corrected chi connectivity index (χ1v) is 11.3. The van der Waals surface area contributed by atoms with Gasteiger partial charge in [0.25, 0.3) is 5.91 Å². The summed E-state index contributed by atoms with van der Waals surface area (Å²) in [5, 5.41) is 3.02. The number of fused-ring (bicyclic) bond motifs is 1. The second-order valence-electron chi connectivity index (χ2n) is 7.74. The number of aromatic nitrogens is 2. The number of carbonyl (C=O) groups excluding carboxylic acids is 1. The van der Waals surface area contributed by atoms with E-state index in [1.165, 1.54) is 10.6 Å². The molecule has 1 N–H and O–H groups in total. The fraction of sp³-hybridized carbons (Fsp3) is 0.579. The lowest BCUT2D eigenvalue weighted by molar-refractivity contribution is 0.0927. The van der Waals surface area contributed by atoms with E-state index < -0.39 is 10.0 Å². The van der Waals surface area contributed by atoms with Gasteiger partial charge in [-0.1, -0.05) is 19.9 Å². The van der Waals surface area contributed by atoms with Gasteiger partial charge in [0, 0.05) is 31.2 Å². The minimum absolute atomic E-state index is 0.0348. The maximum absolute atomic E-state index is 12.8. The Morgan fingerprint density at radius 3 is 2.70 bits per heavy atom. The van der Waals surface area contributed by atoms with Crippen molar-refractivity contribution in [3.05, 3.63) is 35.9 Å². The van der Waals surface area contributed by atoms with Gasteiger partial charge in [0.05, 0.1) is 11.8 Å². The van der Waals surface area contributed by atoms with Crippen LogP contribution in [0.5, 0.6) is 0 Å². The summed E-state index contributed by atoms with van der Waals surface area (Å²) in [7, 11) is -3.24. The van der Waals surface area contributed by atoms with E-state index in [9.17, 15) is 13.2 Å². The fourth-order valence-corrected chi connectivity index (χ4v) is 4.32. The van der Waals surface area contributed by atoms with Crippen molar-refractivity contribution < 1.29 is 13.2 Å². The van der Waals surface area contributed by atoms with Crippen molar-refractivity contribution in [1.29, 1.82) is 0 Å². The van der Waals surface area contributed by atoms with Crippen LogP contribution >= 0.6 is 0 Å². The molecule has 0 aliphatic carbocycles. The number of amides is 1. The van der Waals surface area contributed by atoms with Crippen molar-refractivity contribution in [2.45, 2.75) is 45.6 Å². The summed E-state index contributed by atoms with van der Waals surface area (Å²) >= 11 is 0. The number of hydrogen-bond acceptors (Lipinski definition) is 4. The highest BCUT2D eigenvalue weighted by molar-refractivity contribution is 7.88. The predicted octanol–water partition coefficient (Wildman–Crippen LogP) is 2.25. The minimum atomic E-state index is -3.24. The third kappa shape index (κ3) is 4.16. The smallest absolute Gasteiger partial charge is 0.272 e. The SMILES string of the molecule is CC(C)C(C)NC(=O)c1nc(C2CCCN(S(C)(=O)=O)C2)n2ccccc12. The molecule has 1 aliphatic heterocycles. The predicted molar refractivity (Wildman–Crippen MR) is 105 cm³/mol. The molecule has 27 heavy (non-hydrogen) atoms. The second kappa shape index (κ2) is 7.59. The van der Waals surface area contributed by atoms with Gasteiger partial charge in [-0.25, -0.2) is 17.7 Å². The number of sulfonamides is 1. The molecule has 3 heterocycles. The number of hydrogen-bond donors (Lipinski definition) is 1. The van der Waals surface area contributed by atoms with E-state index in [1.54, 1.807) is 0 Å². The largest absolute Gasteiger partial charge is 0.348 e. The molecule has 2 atom stereocenters. The first-order chi connectivity index (χ1) is 12.7. The Hall–Kier alpha value is -1.93. The van der Waals surface area contributed by atoms with E-state index in [4.69, 9.17) is 0 Å². The molecule has 0 saturated carbocycles. The van der Waals surface area contributed by atoms with E-state index >= 15 is 0 Å². The molecule has 2 aromatic heterocycles. The first kappa shape index (κ1) is 19.8. The minimum Gasteiger partial charge on any atom is -0.348 e. The third-order valence-electron chi connectivity index (χ3n) is 5.37. The number of nitrogens with one attached hydrogen (secondary N) is 1. The quantitative estimate of drug-likeness (QED) is 0.846. The highest BCUT2D eigenvalue weighted by Gasteiger charge is 2.31. The van der Waals surface area contributed by atoms with Crippen molar-refractivity contribution in [3.8, 4) is 0 Å². The molecule has 0 radical (unpaired) electrons. The van der Waals surface area contributed by atoms with Crippen LogP contribution in [0.25, 0.3) is 5.52 Å². The zero-order valence-corrected chi connectivity index (χ0v) is 17.2. The standard InChI is InChI=1S/C19H28N4O3S/c1-13(2)14(3)20-19(24)17-16-9-5-6-11-23(16)18(21-17)15-8-7-10-22(12-15)27(4,25)26/h5-6,9,11,13-15H,7-8,10,12H2,1-4H3,(H,20,24). The molecule has 7 nitrogen and oxygen atoms in total. The van der Waals surface area contributed by atoms with Crippen LogP contribution in [0.4, 0.5) is 0 Å². The van der Waals surface area contributed by atoms with Crippen LogP contribution in [0.15, 0.2) is 24.4 Å². The highest BCUT2D eigenvalue weighted by atomic mass is 32.2. The average molecular weight is 393 g/mol. The van der Waals surface area contributed by atoms with Crippen LogP contribution in [-0.2, 0) is 10.0 Å². The highest BCUT2D eigenvalue weighted by Crippen LogP contribution is 2.29. The molecule has 0 bridgehead atoms. The van der Waals surface area contributed by atoms with Crippen molar-refractivity contribution in [2.24, 2.45) is 5.92 Å². The van der Waals surface area contributed by atoms with E-state index in [0.29, 0.717) is 24.7 Å². The molecule has 0 aromatic carbocycles. The number of pyridine rings is 1. The Kier molecular flexibility index (Phi) is 5.58. The van der Waals surface area contributed by atoms with Crippen molar-refractivity contribution in [3.63, 3.8) is 0 Å². The molecule has 1 saturated heterocycles. The summed E-state index contributed by atoms with van der Waals surface area (Å²) in [6.45, 7) is 7.04. The maximum Gasteiger partial charge on any atom is 0.272 e. The van der Waals surface area contributed by atoms with Gasteiger partial charge in [-0.2, -0.15) is 0 Å². The molecule has 2 unspecified atom stereocenters. The molecule has 2 aromatic rings. The van der Waals surface area contributed by atoms with Gasteiger partial charge in [0.15, 0.2) is 5.69 Å². The van der Waals surface area contributed by atoms with Crippen LogP contribution in [0.2, 0.25) is 0 Å². The van der Waals surface area contributed by atoms with Crippen LogP contribution in [0.1, 0.15) is 55.8 Å². The van der Waals surface area contributed by atoms with Gasteiger partial charge in [0.2, 0.25) is 10.0 Å². The van der Waals surface area contributed by atoms with Gasteiger partial charge in [-0.15, -0.1) is 0 Å². The number of rotatable bonds is 5. The molecule has 1 aliphatic rings. The summed E-state index contributed by atoms with van der Waals surface area (Å²) in [6, 6.07) is 5.69. The summed E-state index contributed by atoms with van der Waals surface area (Å²) in [5.74, 6) is 0.847. The summed E-state index contributed by atoms with van der Waals surface area (Å²) in [6.07, 6.45) is 4.76. The lowest BCUT2D eigenvalue weighted by Gasteiger charge is -2.30. The molecule has 148 valence electrons. The zero-order valence-electron chi connectivity index (χ0n) is 16.3. The van der Waals surface area contributed by atoms with Crippen LogP contribution in [0.3, 0.4) is 0 Å². The number of imidazole rings is 1. The summed E-state index contributed by atoms with van der Waals surface area (Å²) in [4.78, 5) is 17.5. The van der Waals surface area contributed by atoms with Gasteiger partial charge in [0.1, 0.15) is 5.82 Å². The number of piperidine rings is 1. The van der Waals surface area contributed by atoms with E-state index in [2.05, 4.69) is 24.1 Å². The zero-order chi connectivity index (χ0) is 19.8.